The van der Waals surface area contributed by atoms with E-state index < -0.39 is 0 Å². The first-order chi connectivity index (χ1) is 11.6. The minimum Gasteiger partial charge on any atom is -0.482 e. The van der Waals surface area contributed by atoms with Gasteiger partial charge in [-0.15, -0.1) is 11.3 Å². The highest BCUT2D eigenvalue weighted by molar-refractivity contribution is 7.13. The predicted octanol–water partition coefficient (Wildman–Crippen LogP) is 3.49. The third-order valence-corrected chi connectivity index (χ3v) is 4.37. The standard InChI is InChI=1S/C16H14ClN3O3S/c1-20(15(21)10-22-12-6-3-2-5-11(12)17)9-14-18-16(19-23-14)13-7-4-8-24-13/h2-8H,9-10H2,1H3. The first-order valence-electron chi connectivity index (χ1n) is 7.11. The van der Waals surface area contributed by atoms with Crippen molar-refractivity contribution >= 4 is 28.8 Å². The topological polar surface area (TPSA) is 68.5 Å². The number of ether oxygens (including phenoxy) is 1. The van der Waals surface area contributed by atoms with Crippen LogP contribution < -0.4 is 4.74 Å². The summed E-state index contributed by atoms with van der Waals surface area (Å²) in [6.45, 7) is 0.0925. The maximum Gasteiger partial charge on any atom is 0.260 e. The van der Waals surface area contributed by atoms with Gasteiger partial charge in [0.05, 0.1) is 16.4 Å². The molecule has 124 valence electrons. The molecule has 0 bridgehead atoms. The molecule has 1 aromatic carbocycles. The van der Waals surface area contributed by atoms with Crippen molar-refractivity contribution in [1.29, 1.82) is 0 Å². The summed E-state index contributed by atoms with van der Waals surface area (Å²) in [5.41, 5.74) is 0. The number of thiophene rings is 1. The molecule has 2 aromatic heterocycles. The van der Waals surface area contributed by atoms with E-state index in [2.05, 4.69) is 10.1 Å². The largest absolute Gasteiger partial charge is 0.482 e. The van der Waals surface area contributed by atoms with E-state index in [1.165, 1.54) is 16.2 Å². The van der Waals surface area contributed by atoms with Crippen LogP contribution in [0.25, 0.3) is 10.7 Å². The van der Waals surface area contributed by atoms with E-state index in [0.29, 0.717) is 22.5 Å². The third kappa shape index (κ3) is 3.93. The van der Waals surface area contributed by atoms with Crippen LogP contribution in [0.4, 0.5) is 0 Å². The van der Waals surface area contributed by atoms with Gasteiger partial charge in [0, 0.05) is 7.05 Å². The summed E-state index contributed by atoms with van der Waals surface area (Å²) in [4.78, 5) is 18.8. The Kier molecular flexibility index (Phi) is 5.12. The summed E-state index contributed by atoms with van der Waals surface area (Å²) in [5, 5.41) is 6.31. The maximum atomic E-state index is 12.1. The average Bonchev–Trinajstić information content (AvgIpc) is 3.25. The SMILES string of the molecule is CN(Cc1nc(-c2cccs2)no1)C(=O)COc1ccccc1Cl. The van der Waals surface area contributed by atoms with Crippen LogP contribution in [0.5, 0.6) is 5.75 Å². The van der Waals surface area contributed by atoms with Gasteiger partial charge in [0.2, 0.25) is 11.7 Å². The Morgan fingerprint density at radius 3 is 2.92 bits per heavy atom. The Bertz CT molecular complexity index is 820. The molecule has 0 aliphatic heterocycles. The molecule has 0 radical (unpaired) electrons. The van der Waals surface area contributed by atoms with E-state index in [4.69, 9.17) is 20.9 Å². The number of amides is 1. The Hall–Kier alpha value is -2.38. The number of para-hydroxylation sites is 1. The number of carbonyl (C=O) groups excluding carboxylic acids is 1. The number of likely N-dealkylation sites (N-methyl/N-ethyl adjacent to an activating group) is 1. The molecule has 1 amide bonds. The highest BCUT2D eigenvalue weighted by Gasteiger charge is 2.16. The molecular weight excluding hydrogens is 350 g/mol. The second kappa shape index (κ2) is 7.46. The smallest absolute Gasteiger partial charge is 0.260 e. The van der Waals surface area contributed by atoms with E-state index in [1.54, 1.807) is 31.3 Å². The second-order valence-corrected chi connectivity index (χ2v) is 6.31. The monoisotopic (exact) mass is 363 g/mol. The highest BCUT2D eigenvalue weighted by atomic mass is 35.5. The van der Waals surface area contributed by atoms with Crippen LogP contribution in [0.15, 0.2) is 46.3 Å². The first kappa shape index (κ1) is 16.5. The number of hydrogen-bond acceptors (Lipinski definition) is 6. The van der Waals surface area contributed by atoms with E-state index >= 15 is 0 Å². The van der Waals surface area contributed by atoms with Gasteiger partial charge in [-0.3, -0.25) is 4.79 Å². The summed E-state index contributed by atoms with van der Waals surface area (Å²) < 4.78 is 10.6. The Morgan fingerprint density at radius 1 is 1.33 bits per heavy atom. The zero-order valence-corrected chi connectivity index (χ0v) is 14.4. The van der Waals surface area contributed by atoms with Gasteiger partial charge in [-0.05, 0) is 23.6 Å². The molecule has 0 unspecified atom stereocenters. The first-order valence-corrected chi connectivity index (χ1v) is 8.37. The van der Waals surface area contributed by atoms with Gasteiger partial charge in [-0.2, -0.15) is 4.98 Å². The summed E-state index contributed by atoms with van der Waals surface area (Å²) >= 11 is 7.51. The van der Waals surface area contributed by atoms with Crippen molar-refractivity contribution in [1.82, 2.24) is 15.0 Å². The lowest BCUT2D eigenvalue weighted by Gasteiger charge is -2.15. The van der Waals surface area contributed by atoms with Crippen LogP contribution in [0.1, 0.15) is 5.89 Å². The molecule has 0 atom stereocenters. The Balaban J connectivity index is 1.55. The number of carbonyl (C=O) groups is 1. The molecule has 24 heavy (non-hydrogen) atoms. The molecular formula is C16H14ClN3O3S. The summed E-state index contributed by atoms with van der Waals surface area (Å²) in [5.74, 6) is 1.14. The summed E-state index contributed by atoms with van der Waals surface area (Å²) in [6.07, 6.45) is 0. The summed E-state index contributed by atoms with van der Waals surface area (Å²) in [7, 11) is 1.65. The Morgan fingerprint density at radius 2 is 2.17 bits per heavy atom. The van der Waals surface area contributed by atoms with Gasteiger partial charge in [-0.25, -0.2) is 0 Å². The van der Waals surface area contributed by atoms with E-state index in [1.807, 2.05) is 17.5 Å². The average molecular weight is 364 g/mol. The molecule has 0 aliphatic carbocycles. The molecule has 0 saturated heterocycles. The van der Waals surface area contributed by atoms with Crippen molar-refractivity contribution < 1.29 is 14.1 Å². The predicted molar refractivity (Wildman–Crippen MR) is 91.0 cm³/mol. The molecule has 0 spiro atoms. The van der Waals surface area contributed by atoms with Gasteiger partial charge in [-0.1, -0.05) is 35.0 Å². The fourth-order valence-electron chi connectivity index (χ4n) is 1.93. The molecule has 0 N–H and O–H groups in total. The lowest BCUT2D eigenvalue weighted by molar-refractivity contribution is -0.132. The fourth-order valence-corrected chi connectivity index (χ4v) is 2.77. The highest BCUT2D eigenvalue weighted by Crippen LogP contribution is 2.23. The normalized spacial score (nSPS) is 10.6. The van der Waals surface area contributed by atoms with Crippen LogP contribution in [-0.2, 0) is 11.3 Å². The van der Waals surface area contributed by atoms with Gasteiger partial charge in [0.1, 0.15) is 5.75 Å². The van der Waals surface area contributed by atoms with Crippen molar-refractivity contribution in [3.05, 3.63) is 52.7 Å². The fraction of sp³-hybridized carbons (Fsp3) is 0.188. The minimum atomic E-state index is -0.217. The summed E-state index contributed by atoms with van der Waals surface area (Å²) in [6, 6.07) is 10.8. The number of benzene rings is 1. The molecule has 0 fully saturated rings. The zero-order valence-electron chi connectivity index (χ0n) is 12.8. The minimum absolute atomic E-state index is 0.119. The lowest BCUT2D eigenvalue weighted by atomic mass is 10.3. The van der Waals surface area contributed by atoms with Crippen LogP contribution in [0.2, 0.25) is 5.02 Å². The van der Waals surface area contributed by atoms with E-state index in [-0.39, 0.29) is 19.1 Å². The van der Waals surface area contributed by atoms with E-state index in [0.717, 1.165) is 4.88 Å². The van der Waals surface area contributed by atoms with Crippen LogP contribution in [0, 0.1) is 0 Å². The lowest BCUT2D eigenvalue weighted by Crippen LogP contribution is -2.31. The molecule has 2 heterocycles. The van der Waals surface area contributed by atoms with E-state index in [9.17, 15) is 4.79 Å². The molecule has 0 aliphatic rings. The Labute approximate surface area is 147 Å². The number of hydrogen-bond donors (Lipinski definition) is 0. The zero-order chi connectivity index (χ0) is 16.9. The van der Waals surface area contributed by atoms with Gasteiger partial charge < -0.3 is 14.2 Å². The molecule has 3 rings (SSSR count). The van der Waals surface area contributed by atoms with Crippen LogP contribution in [-0.4, -0.2) is 34.6 Å². The van der Waals surface area contributed by atoms with Gasteiger partial charge in [0.15, 0.2) is 6.61 Å². The van der Waals surface area contributed by atoms with Gasteiger partial charge >= 0.3 is 0 Å². The third-order valence-electron chi connectivity index (χ3n) is 3.20. The number of aromatic nitrogens is 2. The van der Waals surface area contributed by atoms with Crippen LogP contribution in [0.3, 0.4) is 0 Å². The van der Waals surface area contributed by atoms with Crippen molar-refractivity contribution in [2.24, 2.45) is 0 Å². The number of nitrogens with zero attached hydrogens (tertiary/aromatic N) is 3. The van der Waals surface area contributed by atoms with Crippen LogP contribution >= 0.6 is 22.9 Å². The number of halogens is 1. The maximum absolute atomic E-state index is 12.1. The number of rotatable bonds is 6. The van der Waals surface area contributed by atoms with Crippen molar-refractivity contribution in [3.8, 4) is 16.5 Å². The molecule has 0 saturated carbocycles. The second-order valence-electron chi connectivity index (χ2n) is 4.96. The quantitative estimate of drug-likeness (QED) is 0.670. The molecule has 6 nitrogen and oxygen atoms in total. The van der Waals surface area contributed by atoms with Crippen molar-refractivity contribution in [2.75, 3.05) is 13.7 Å². The van der Waals surface area contributed by atoms with Crippen molar-refractivity contribution in [2.45, 2.75) is 6.54 Å². The molecule has 8 heteroatoms. The van der Waals surface area contributed by atoms with Gasteiger partial charge in [0.25, 0.3) is 5.91 Å². The molecule has 3 aromatic rings. The van der Waals surface area contributed by atoms with Crippen molar-refractivity contribution in [3.63, 3.8) is 0 Å².